The Labute approximate surface area is 129 Å². The number of nitrogens with one attached hydrogen (secondary N) is 2. The van der Waals surface area contributed by atoms with Gasteiger partial charge < -0.3 is 15.0 Å². The lowest BCUT2D eigenvalue weighted by atomic mass is 10.1. The molecule has 1 heterocycles. The van der Waals surface area contributed by atoms with Crippen molar-refractivity contribution in [2.75, 3.05) is 7.11 Å². The Morgan fingerprint density at radius 2 is 2.00 bits per heavy atom. The van der Waals surface area contributed by atoms with Crippen LogP contribution in [0.1, 0.15) is 21.6 Å². The highest BCUT2D eigenvalue weighted by atomic mass is 16.5. The highest BCUT2D eigenvalue weighted by Crippen LogP contribution is 2.18. The first-order valence-corrected chi connectivity index (χ1v) is 7.17. The lowest BCUT2D eigenvalue weighted by Gasteiger charge is -2.09. The van der Waals surface area contributed by atoms with E-state index in [9.17, 15) is 4.79 Å². The van der Waals surface area contributed by atoms with Gasteiger partial charge in [0.25, 0.3) is 5.91 Å². The number of carbonyl (C=O) groups excluding carboxylic acids is 1. The van der Waals surface area contributed by atoms with E-state index in [-0.39, 0.29) is 5.91 Å². The van der Waals surface area contributed by atoms with Crippen LogP contribution in [0.5, 0.6) is 5.75 Å². The number of amides is 1. The predicted octanol–water partition coefficient (Wildman–Crippen LogP) is 3.41. The van der Waals surface area contributed by atoms with Crippen molar-refractivity contribution in [2.45, 2.75) is 13.5 Å². The van der Waals surface area contributed by atoms with Crippen molar-refractivity contribution in [3.63, 3.8) is 0 Å². The van der Waals surface area contributed by atoms with Crippen LogP contribution in [0, 0.1) is 6.92 Å². The molecular formula is C18H18N2O2. The number of aryl methyl sites for hydroxylation is 1. The third kappa shape index (κ3) is 2.81. The number of rotatable bonds is 4. The van der Waals surface area contributed by atoms with Gasteiger partial charge in [-0.25, -0.2) is 0 Å². The number of ether oxygens (including phenoxy) is 1. The van der Waals surface area contributed by atoms with Gasteiger partial charge in [0, 0.05) is 34.3 Å². The first kappa shape index (κ1) is 14.2. The summed E-state index contributed by atoms with van der Waals surface area (Å²) in [6.45, 7) is 2.44. The Hall–Kier alpha value is -2.75. The van der Waals surface area contributed by atoms with E-state index >= 15 is 0 Å². The largest absolute Gasteiger partial charge is 0.496 e. The van der Waals surface area contributed by atoms with Crippen molar-refractivity contribution in [3.05, 3.63) is 65.4 Å². The second-order valence-corrected chi connectivity index (χ2v) is 5.25. The zero-order chi connectivity index (χ0) is 15.5. The number of fused-ring (bicyclic) bond motifs is 1. The average molecular weight is 294 g/mol. The number of H-pyrrole nitrogens is 1. The first-order chi connectivity index (χ1) is 10.7. The normalized spacial score (nSPS) is 10.6. The minimum absolute atomic E-state index is 0.0911. The van der Waals surface area contributed by atoms with Crippen LogP contribution in [-0.2, 0) is 6.54 Å². The van der Waals surface area contributed by atoms with Crippen LogP contribution in [-0.4, -0.2) is 18.0 Å². The van der Waals surface area contributed by atoms with Crippen molar-refractivity contribution in [1.82, 2.24) is 10.3 Å². The molecule has 0 spiro atoms. The van der Waals surface area contributed by atoms with Gasteiger partial charge in [0.05, 0.1) is 7.11 Å². The SMILES string of the molecule is COc1ccccc1CNC(=O)c1ccc2[nH]c(C)cc2c1. The summed E-state index contributed by atoms with van der Waals surface area (Å²) in [6.07, 6.45) is 0. The summed E-state index contributed by atoms with van der Waals surface area (Å²) in [7, 11) is 1.63. The Balaban J connectivity index is 1.75. The molecular weight excluding hydrogens is 276 g/mol. The van der Waals surface area contributed by atoms with Crippen molar-refractivity contribution in [1.29, 1.82) is 0 Å². The summed E-state index contributed by atoms with van der Waals surface area (Å²) in [5.74, 6) is 0.686. The zero-order valence-electron chi connectivity index (χ0n) is 12.6. The topological polar surface area (TPSA) is 54.1 Å². The van der Waals surface area contributed by atoms with E-state index in [4.69, 9.17) is 4.74 Å². The molecule has 3 rings (SSSR count). The van der Waals surface area contributed by atoms with E-state index in [0.717, 1.165) is 27.9 Å². The average Bonchev–Trinajstić information content (AvgIpc) is 2.91. The summed E-state index contributed by atoms with van der Waals surface area (Å²) < 4.78 is 5.29. The second-order valence-electron chi connectivity index (χ2n) is 5.25. The molecule has 0 aliphatic heterocycles. The van der Waals surface area contributed by atoms with Gasteiger partial charge in [0.1, 0.15) is 5.75 Å². The molecule has 0 saturated carbocycles. The molecule has 0 fully saturated rings. The van der Waals surface area contributed by atoms with Crippen LogP contribution < -0.4 is 10.1 Å². The van der Waals surface area contributed by atoms with Gasteiger partial charge in [0.2, 0.25) is 0 Å². The van der Waals surface area contributed by atoms with Gasteiger partial charge in [-0.1, -0.05) is 18.2 Å². The van der Waals surface area contributed by atoms with E-state index < -0.39 is 0 Å². The number of hydrogen-bond acceptors (Lipinski definition) is 2. The number of aromatic amines is 1. The van der Waals surface area contributed by atoms with Gasteiger partial charge in [-0.05, 0) is 37.3 Å². The molecule has 2 aromatic carbocycles. The van der Waals surface area contributed by atoms with Crippen LogP contribution in [0.25, 0.3) is 10.9 Å². The first-order valence-electron chi connectivity index (χ1n) is 7.17. The molecule has 0 aliphatic carbocycles. The zero-order valence-corrected chi connectivity index (χ0v) is 12.6. The Morgan fingerprint density at radius 1 is 1.18 bits per heavy atom. The molecule has 1 amide bonds. The number of methoxy groups -OCH3 is 1. The van der Waals surface area contributed by atoms with E-state index in [1.165, 1.54) is 0 Å². The molecule has 0 bridgehead atoms. The lowest BCUT2D eigenvalue weighted by Crippen LogP contribution is -2.22. The Morgan fingerprint density at radius 3 is 2.82 bits per heavy atom. The quantitative estimate of drug-likeness (QED) is 0.774. The number of benzene rings is 2. The van der Waals surface area contributed by atoms with Crippen LogP contribution in [0.2, 0.25) is 0 Å². The number of aromatic nitrogens is 1. The molecule has 3 aromatic rings. The minimum Gasteiger partial charge on any atom is -0.496 e. The Kier molecular flexibility index (Phi) is 3.83. The molecule has 4 heteroatoms. The monoisotopic (exact) mass is 294 g/mol. The smallest absolute Gasteiger partial charge is 0.251 e. The molecule has 4 nitrogen and oxygen atoms in total. The second kappa shape index (κ2) is 5.93. The van der Waals surface area contributed by atoms with E-state index in [0.29, 0.717) is 12.1 Å². The van der Waals surface area contributed by atoms with Crippen molar-refractivity contribution in [2.24, 2.45) is 0 Å². The molecule has 112 valence electrons. The minimum atomic E-state index is -0.0911. The van der Waals surface area contributed by atoms with Gasteiger partial charge in [-0.3, -0.25) is 4.79 Å². The van der Waals surface area contributed by atoms with Crippen molar-refractivity contribution in [3.8, 4) is 5.75 Å². The maximum Gasteiger partial charge on any atom is 0.251 e. The van der Waals surface area contributed by atoms with E-state index in [2.05, 4.69) is 10.3 Å². The van der Waals surface area contributed by atoms with Crippen LogP contribution in [0.4, 0.5) is 0 Å². The number of hydrogen-bond donors (Lipinski definition) is 2. The summed E-state index contributed by atoms with van der Waals surface area (Å²) in [4.78, 5) is 15.6. The van der Waals surface area contributed by atoms with E-state index in [1.807, 2.05) is 55.5 Å². The molecule has 2 N–H and O–H groups in total. The molecule has 22 heavy (non-hydrogen) atoms. The number of carbonyl (C=O) groups is 1. The standard InChI is InChI=1S/C18H18N2O2/c1-12-9-15-10-13(7-8-16(15)20-12)18(21)19-11-14-5-3-4-6-17(14)22-2/h3-10,20H,11H2,1-2H3,(H,19,21). The molecule has 1 aromatic heterocycles. The van der Waals surface area contributed by atoms with Crippen molar-refractivity contribution < 1.29 is 9.53 Å². The van der Waals surface area contributed by atoms with Gasteiger partial charge in [-0.15, -0.1) is 0 Å². The molecule has 0 saturated heterocycles. The third-order valence-electron chi connectivity index (χ3n) is 3.65. The van der Waals surface area contributed by atoms with E-state index in [1.54, 1.807) is 7.11 Å². The highest BCUT2D eigenvalue weighted by molar-refractivity contribution is 5.98. The van der Waals surface area contributed by atoms with Gasteiger partial charge in [0.15, 0.2) is 0 Å². The fourth-order valence-electron chi connectivity index (χ4n) is 2.55. The van der Waals surface area contributed by atoms with Crippen LogP contribution in [0.15, 0.2) is 48.5 Å². The predicted molar refractivity (Wildman–Crippen MR) is 87.2 cm³/mol. The van der Waals surface area contributed by atoms with Crippen LogP contribution >= 0.6 is 0 Å². The van der Waals surface area contributed by atoms with Gasteiger partial charge in [-0.2, -0.15) is 0 Å². The van der Waals surface area contributed by atoms with Gasteiger partial charge >= 0.3 is 0 Å². The fourth-order valence-corrected chi connectivity index (χ4v) is 2.55. The molecule has 0 aliphatic rings. The fraction of sp³-hybridized carbons (Fsp3) is 0.167. The maximum atomic E-state index is 12.3. The maximum absolute atomic E-state index is 12.3. The highest BCUT2D eigenvalue weighted by Gasteiger charge is 2.09. The molecule has 0 radical (unpaired) electrons. The third-order valence-corrected chi connectivity index (χ3v) is 3.65. The molecule has 0 unspecified atom stereocenters. The summed E-state index contributed by atoms with van der Waals surface area (Å²) in [5.41, 5.74) is 3.73. The summed E-state index contributed by atoms with van der Waals surface area (Å²) in [5, 5.41) is 3.98. The summed E-state index contributed by atoms with van der Waals surface area (Å²) in [6, 6.07) is 15.4. The lowest BCUT2D eigenvalue weighted by molar-refractivity contribution is 0.0951. The number of para-hydroxylation sites is 1. The summed E-state index contributed by atoms with van der Waals surface area (Å²) >= 11 is 0. The Bertz CT molecular complexity index is 821. The molecule has 0 atom stereocenters. The van der Waals surface area contributed by atoms with Crippen LogP contribution in [0.3, 0.4) is 0 Å². The van der Waals surface area contributed by atoms with Crippen molar-refractivity contribution >= 4 is 16.8 Å².